The molecule has 4 nitrogen and oxygen atoms in total. The van der Waals surface area contributed by atoms with Gasteiger partial charge in [-0.2, -0.15) is 0 Å². The fourth-order valence-electron chi connectivity index (χ4n) is 1.18. The Morgan fingerprint density at radius 2 is 2.36 bits per heavy atom. The summed E-state index contributed by atoms with van der Waals surface area (Å²) in [6.45, 7) is 1.87. The van der Waals surface area contributed by atoms with E-state index >= 15 is 0 Å². The summed E-state index contributed by atoms with van der Waals surface area (Å²) in [5, 5.41) is 17.3. The molecule has 1 atom stereocenters. The third kappa shape index (κ3) is 2.24. The van der Waals surface area contributed by atoms with Gasteiger partial charge in [-0.15, -0.1) is 10.2 Å². The number of carbonyl (C=O) groups is 1. The molecule has 76 valence electrons. The van der Waals surface area contributed by atoms with Gasteiger partial charge in [0, 0.05) is 0 Å². The normalized spacial score (nSPS) is 18.1. The van der Waals surface area contributed by atoms with E-state index in [0.29, 0.717) is 5.92 Å². The lowest BCUT2D eigenvalue weighted by Crippen LogP contribution is -2.18. The number of aromatic nitrogens is 2. The average Bonchev–Trinajstić information content (AvgIpc) is 2.86. The standard InChI is InChI=1S/C8H10N2O2S2/c1-4-9-10-8(13-4)14-6(7(11)12)5-2-3-5/h5-6H,2-3H2,1H3,(H,11,12). The molecule has 0 bridgehead atoms. The van der Waals surface area contributed by atoms with Crippen molar-refractivity contribution in [1.82, 2.24) is 10.2 Å². The zero-order valence-electron chi connectivity index (χ0n) is 7.64. The SMILES string of the molecule is Cc1nnc(SC(C(=O)O)C2CC2)s1. The van der Waals surface area contributed by atoms with Gasteiger partial charge >= 0.3 is 5.97 Å². The molecule has 1 aromatic rings. The molecule has 1 aromatic heterocycles. The number of aryl methyl sites for hydroxylation is 1. The highest BCUT2D eigenvalue weighted by molar-refractivity contribution is 8.02. The van der Waals surface area contributed by atoms with Gasteiger partial charge < -0.3 is 5.11 Å². The minimum atomic E-state index is -0.731. The molecular weight excluding hydrogens is 220 g/mol. The van der Waals surface area contributed by atoms with E-state index in [1.165, 1.54) is 23.1 Å². The van der Waals surface area contributed by atoms with Gasteiger partial charge in [0.25, 0.3) is 0 Å². The Morgan fingerprint density at radius 3 is 2.79 bits per heavy atom. The van der Waals surface area contributed by atoms with Gasteiger partial charge in [-0.1, -0.05) is 23.1 Å². The Balaban J connectivity index is 2.03. The maximum absolute atomic E-state index is 10.9. The molecule has 0 aliphatic heterocycles. The Morgan fingerprint density at radius 1 is 1.64 bits per heavy atom. The summed E-state index contributed by atoms with van der Waals surface area (Å²) in [5.74, 6) is -0.396. The van der Waals surface area contributed by atoms with E-state index in [9.17, 15) is 4.79 Å². The second-order valence-electron chi connectivity index (χ2n) is 3.30. The van der Waals surface area contributed by atoms with Crippen LogP contribution in [0.4, 0.5) is 0 Å². The Kier molecular flexibility index (Phi) is 2.73. The summed E-state index contributed by atoms with van der Waals surface area (Å²) >= 11 is 2.79. The second kappa shape index (κ2) is 3.86. The first kappa shape index (κ1) is 9.92. The van der Waals surface area contributed by atoms with Gasteiger partial charge in [0.2, 0.25) is 0 Å². The van der Waals surface area contributed by atoms with Crippen molar-refractivity contribution in [2.45, 2.75) is 29.4 Å². The summed E-state index contributed by atoms with van der Waals surface area (Å²) in [6.07, 6.45) is 2.06. The van der Waals surface area contributed by atoms with Crippen LogP contribution >= 0.6 is 23.1 Å². The van der Waals surface area contributed by atoms with Gasteiger partial charge in [0.15, 0.2) is 4.34 Å². The number of hydrogen-bond acceptors (Lipinski definition) is 5. The lowest BCUT2D eigenvalue weighted by molar-refractivity contribution is -0.136. The van der Waals surface area contributed by atoms with Crippen LogP contribution in [0.3, 0.4) is 0 Å². The largest absolute Gasteiger partial charge is 0.480 e. The van der Waals surface area contributed by atoms with Crippen LogP contribution in [0.1, 0.15) is 17.8 Å². The molecule has 1 aliphatic carbocycles. The third-order valence-electron chi connectivity index (χ3n) is 2.03. The monoisotopic (exact) mass is 230 g/mol. The van der Waals surface area contributed by atoms with Gasteiger partial charge in [0.1, 0.15) is 10.3 Å². The summed E-state index contributed by atoms with van der Waals surface area (Å²) < 4.78 is 0.766. The molecule has 1 N–H and O–H groups in total. The number of nitrogens with zero attached hydrogens (tertiary/aromatic N) is 2. The predicted octanol–water partition coefficient (Wildman–Crippen LogP) is 1.80. The van der Waals surface area contributed by atoms with Crippen LogP contribution in [-0.4, -0.2) is 26.5 Å². The van der Waals surface area contributed by atoms with E-state index in [1.807, 2.05) is 6.92 Å². The van der Waals surface area contributed by atoms with Crippen molar-refractivity contribution in [3.8, 4) is 0 Å². The molecule has 0 saturated heterocycles. The molecular formula is C8H10N2O2S2. The minimum absolute atomic E-state index is 0.331. The van der Waals surface area contributed by atoms with E-state index in [1.54, 1.807) is 0 Å². The zero-order valence-corrected chi connectivity index (χ0v) is 9.27. The van der Waals surface area contributed by atoms with Crippen LogP contribution < -0.4 is 0 Å². The van der Waals surface area contributed by atoms with Crippen molar-refractivity contribution in [3.63, 3.8) is 0 Å². The highest BCUT2D eigenvalue weighted by atomic mass is 32.2. The Hall–Kier alpha value is -0.620. The van der Waals surface area contributed by atoms with Crippen LogP contribution in [0.25, 0.3) is 0 Å². The van der Waals surface area contributed by atoms with Gasteiger partial charge in [-0.05, 0) is 25.7 Å². The van der Waals surface area contributed by atoms with Crippen LogP contribution in [0.5, 0.6) is 0 Å². The molecule has 2 rings (SSSR count). The van der Waals surface area contributed by atoms with Gasteiger partial charge in [-0.25, -0.2) is 0 Å². The molecule has 1 heterocycles. The molecule has 14 heavy (non-hydrogen) atoms. The lowest BCUT2D eigenvalue weighted by Gasteiger charge is -2.06. The van der Waals surface area contributed by atoms with Crippen molar-refractivity contribution in [1.29, 1.82) is 0 Å². The summed E-state index contributed by atoms with van der Waals surface area (Å²) in [7, 11) is 0. The molecule has 0 amide bonds. The first-order valence-corrected chi connectivity index (χ1v) is 6.06. The number of rotatable bonds is 4. The number of carboxylic acids is 1. The number of carboxylic acid groups (broad SMARTS) is 1. The molecule has 0 spiro atoms. The highest BCUT2D eigenvalue weighted by Crippen LogP contribution is 2.42. The molecule has 6 heteroatoms. The molecule has 0 radical (unpaired) electrons. The minimum Gasteiger partial charge on any atom is -0.480 e. The first-order valence-electron chi connectivity index (χ1n) is 4.36. The maximum Gasteiger partial charge on any atom is 0.317 e. The Labute approximate surface area is 89.7 Å². The van der Waals surface area contributed by atoms with Gasteiger partial charge in [-0.3, -0.25) is 4.79 Å². The smallest absolute Gasteiger partial charge is 0.317 e. The fourth-order valence-corrected chi connectivity index (χ4v) is 3.33. The van der Waals surface area contributed by atoms with Crippen molar-refractivity contribution in [2.75, 3.05) is 0 Å². The molecule has 1 unspecified atom stereocenters. The van der Waals surface area contributed by atoms with Gasteiger partial charge in [0.05, 0.1) is 0 Å². The summed E-state index contributed by atoms with van der Waals surface area (Å²) in [6, 6.07) is 0. The number of hydrogen-bond donors (Lipinski definition) is 1. The number of aliphatic carboxylic acids is 1. The average molecular weight is 230 g/mol. The van der Waals surface area contributed by atoms with Crippen molar-refractivity contribution in [3.05, 3.63) is 5.01 Å². The Bertz CT molecular complexity index is 349. The quantitative estimate of drug-likeness (QED) is 0.799. The summed E-state index contributed by atoms with van der Waals surface area (Å²) in [5.41, 5.74) is 0. The van der Waals surface area contributed by atoms with Crippen molar-refractivity contribution >= 4 is 29.1 Å². The lowest BCUT2D eigenvalue weighted by atomic mass is 10.3. The first-order chi connectivity index (χ1) is 6.66. The molecule has 0 aromatic carbocycles. The molecule has 1 aliphatic rings. The van der Waals surface area contributed by atoms with Crippen molar-refractivity contribution < 1.29 is 9.90 Å². The molecule has 1 fully saturated rings. The maximum atomic E-state index is 10.9. The van der Waals surface area contributed by atoms with E-state index in [0.717, 1.165) is 22.2 Å². The number of thioether (sulfide) groups is 1. The zero-order chi connectivity index (χ0) is 10.1. The second-order valence-corrected chi connectivity index (χ2v) is 5.87. The molecule has 1 saturated carbocycles. The highest BCUT2D eigenvalue weighted by Gasteiger charge is 2.37. The van der Waals surface area contributed by atoms with Crippen LogP contribution in [0.15, 0.2) is 4.34 Å². The van der Waals surface area contributed by atoms with E-state index in [2.05, 4.69) is 10.2 Å². The summed E-state index contributed by atoms with van der Waals surface area (Å²) in [4.78, 5) is 10.9. The van der Waals surface area contributed by atoms with Crippen molar-refractivity contribution in [2.24, 2.45) is 5.92 Å². The van der Waals surface area contributed by atoms with E-state index in [-0.39, 0.29) is 5.25 Å². The third-order valence-corrected chi connectivity index (χ3v) is 4.32. The van der Waals surface area contributed by atoms with E-state index < -0.39 is 5.97 Å². The van der Waals surface area contributed by atoms with E-state index in [4.69, 9.17) is 5.11 Å². The van der Waals surface area contributed by atoms with Crippen LogP contribution in [0, 0.1) is 12.8 Å². The fraction of sp³-hybridized carbons (Fsp3) is 0.625. The van der Waals surface area contributed by atoms with Crippen LogP contribution in [-0.2, 0) is 4.79 Å². The predicted molar refractivity (Wildman–Crippen MR) is 54.7 cm³/mol. The topological polar surface area (TPSA) is 63.1 Å². The van der Waals surface area contributed by atoms with Crippen LogP contribution in [0.2, 0.25) is 0 Å².